The SMILES string of the molecule is Cc1cc(CN(CCBr)C(C)C)n(C)n1. The van der Waals surface area contributed by atoms with Crippen LogP contribution in [0, 0.1) is 6.92 Å². The molecule has 1 aromatic heterocycles. The van der Waals surface area contributed by atoms with Gasteiger partial charge in [-0.15, -0.1) is 0 Å². The first-order valence-corrected chi connectivity index (χ1v) is 6.46. The van der Waals surface area contributed by atoms with Crippen molar-refractivity contribution in [2.75, 3.05) is 11.9 Å². The second kappa shape index (κ2) is 5.66. The molecule has 0 saturated carbocycles. The number of rotatable bonds is 5. The highest BCUT2D eigenvalue weighted by molar-refractivity contribution is 9.09. The van der Waals surface area contributed by atoms with Crippen LogP contribution in [-0.4, -0.2) is 32.6 Å². The Labute approximate surface area is 101 Å². The molecule has 1 rings (SSSR count). The lowest BCUT2D eigenvalue weighted by molar-refractivity contribution is 0.222. The lowest BCUT2D eigenvalue weighted by Gasteiger charge is -2.25. The minimum Gasteiger partial charge on any atom is -0.294 e. The molecule has 0 aliphatic rings. The maximum atomic E-state index is 4.36. The van der Waals surface area contributed by atoms with Gasteiger partial charge >= 0.3 is 0 Å². The molecule has 0 saturated heterocycles. The first-order valence-electron chi connectivity index (χ1n) is 5.34. The standard InChI is InChI=1S/C11H20BrN3/c1-9(2)15(6-5-12)8-11-7-10(3)13-14(11)4/h7,9H,5-6,8H2,1-4H3. The molecule has 1 heterocycles. The van der Waals surface area contributed by atoms with Gasteiger partial charge in [0.2, 0.25) is 0 Å². The predicted molar refractivity (Wildman–Crippen MR) is 67.3 cm³/mol. The molecule has 0 aliphatic heterocycles. The van der Waals surface area contributed by atoms with Crippen LogP contribution in [0.5, 0.6) is 0 Å². The molecule has 0 bridgehead atoms. The monoisotopic (exact) mass is 273 g/mol. The van der Waals surface area contributed by atoms with Crippen molar-refractivity contribution >= 4 is 15.9 Å². The van der Waals surface area contributed by atoms with Gasteiger partial charge in [-0.2, -0.15) is 5.10 Å². The van der Waals surface area contributed by atoms with Crippen molar-refractivity contribution < 1.29 is 0 Å². The summed E-state index contributed by atoms with van der Waals surface area (Å²) in [5.41, 5.74) is 2.37. The predicted octanol–water partition coefficient (Wildman–Crippen LogP) is 2.33. The molecule has 0 N–H and O–H groups in total. The fourth-order valence-electron chi connectivity index (χ4n) is 1.65. The Bertz CT molecular complexity index is 307. The summed E-state index contributed by atoms with van der Waals surface area (Å²) < 4.78 is 1.97. The zero-order valence-corrected chi connectivity index (χ0v) is 11.6. The summed E-state index contributed by atoms with van der Waals surface area (Å²) in [6, 6.07) is 2.72. The number of nitrogens with zero attached hydrogens (tertiary/aromatic N) is 3. The van der Waals surface area contributed by atoms with E-state index in [2.05, 4.69) is 45.8 Å². The highest BCUT2D eigenvalue weighted by atomic mass is 79.9. The molecule has 0 amide bonds. The summed E-state index contributed by atoms with van der Waals surface area (Å²) in [5, 5.41) is 5.38. The number of aromatic nitrogens is 2. The van der Waals surface area contributed by atoms with Crippen molar-refractivity contribution in [2.24, 2.45) is 7.05 Å². The van der Waals surface area contributed by atoms with Gasteiger partial charge in [0.1, 0.15) is 0 Å². The van der Waals surface area contributed by atoms with Crippen LogP contribution < -0.4 is 0 Å². The van der Waals surface area contributed by atoms with Crippen molar-refractivity contribution in [3.05, 3.63) is 17.5 Å². The lowest BCUT2D eigenvalue weighted by atomic mass is 10.2. The Morgan fingerprint density at radius 2 is 2.20 bits per heavy atom. The Kier molecular flexibility index (Phi) is 4.80. The average molecular weight is 274 g/mol. The first kappa shape index (κ1) is 12.7. The summed E-state index contributed by atoms with van der Waals surface area (Å²) in [6.07, 6.45) is 0. The van der Waals surface area contributed by atoms with E-state index in [1.807, 2.05) is 18.7 Å². The quantitative estimate of drug-likeness (QED) is 0.768. The Balaban J connectivity index is 2.69. The van der Waals surface area contributed by atoms with E-state index < -0.39 is 0 Å². The number of aryl methyl sites for hydroxylation is 2. The molecule has 86 valence electrons. The van der Waals surface area contributed by atoms with E-state index in [1.54, 1.807) is 0 Å². The zero-order chi connectivity index (χ0) is 11.4. The number of alkyl halides is 1. The van der Waals surface area contributed by atoms with E-state index in [0.29, 0.717) is 6.04 Å². The largest absolute Gasteiger partial charge is 0.294 e. The van der Waals surface area contributed by atoms with Gasteiger partial charge in [-0.3, -0.25) is 9.58 Å². The third kappa shape index (κ3) is 3.61. The molecule has 15 heavy (non-hydrogen) atoms. The van der Waals surface area contributed by atoms with Crippen molar-refractivity contribution in [3.8, 4) is 0 Å². The fraction of sp³-hybridized carbons (Fsp3) is 0.727. The van der Waals surface area contributed by atoms with Crippen LogP contribution in [0.4, 0.5) is 0 Å². The molecule has 0 radical (unpaired) electrons. The van der Waals surface area contributed by atoms with E-state index in [0.717, 1.165) is 24.1 Å². The van der Waals surface area contributed by atoms with Crippen LogP contribution in [-0.2, 0) is 13.6 Å². The topological polar surface area (TPSA) is 21.1 Å². The van der Waals surface area contributed by atoms with E-state index in [-0.39, 0.29) is 0 Å². The van der Waals surface area contributed by atoms with Crippen molar-refractivity contribution in [3.63, 3.8) is 0 Å². The van der Waals surface area contributed by atoms with Crippen LogP contribution in [0.2, 0.25) is 0 Å². The maximum Gasteiger partial charge on any atom is 0.0597 e. The lowest BCUT2D eigenvalue weighted by Crippen LogP contribution is -2.32. The summed E-state index contributed by atoms with van der Waals surface area (Å²) in [6.45, 7) is 8.54. The Morgan fingerprint density at radius 3 is 2.60 bits per heavy atom. The van der Waals surface area contributed by atoms with E-state index in [9.17, 15) is 0 Å². The summed E-state index contributed by atoms with van der Waals surface area (Å²) in [7, 11) is 2.01. The summed E-state index contributed by atoms with van der Waals surface area (Å²) in [4.78, 5) is 2.44. The van der Waals surface area contributed by atoms with Crippen LogP contribution >= 0.6 is 15.9 Å². The second-order valence-electron chi connectivity index (χ2n) is 4.15. The number of hydrogen-bond donors (Lipinski definition) is 0. The van der Waals surface area contributed by atoms with Crippen molar-refractivity contribution in [1.29, 1.82) is 0 Å². The Hall–Kier alpha value is -0.350. The molecular weight excluding hydrogens is 254 g/mol. The minimum absolute atomic E-state index is 0.567. The van der Waals surface area contributed by atoms with Crippen LogP contribution in [0.1, 0.15) is 25.2 Å². The molecular formula is C11H20BrN3. The van der Waals surface area contributed by atoms with Gasteiger partial charge in [0.15, 0.2) is 0 Å². The van der Waals surface area contributed by atoms with Gasteiger partial charge in [-0.25, -0.2) is 0 Å². The summed E-state index contributed by atoms with van der Waals surface area (Å²) >= 11 is 3.49. The minimum atomic E-state index is 0.567. The molecule has 1 aromatic rings. The third-order valence-corrected chi connectivity index (χ3v) is 2.92. The second-order valence-corrected chi connectivity index (χ2v) is 4.95. The van der Waals surface area contributed by atoms with Gasteiger partial charge in [0.05, 0.1) is 11.4 Å². The third-order valence-electron chi connectivity index (χ3n) is 2.57. The molecule has 0 aromatic carbocycles. The van der Waals surface area contributed by atoms with Crippen LogP contribution in [0.3, 0.4) is 0 Å². The number of halogens is 1. The van der Waals surface area contributed by atoms with Gasteiger partial charge in [0.25, 0.3) is 0 Å². The molecule has 0 unspecified atom stereocenters. The van der Waals surface area contributed by atoms with Gasteiger partial charge < -0.3 is 0 Å². The molecule has 0 spiro atoms. The highest BCUT2D eigenvalue weighted by Gasteiger charge is 2.11. The van der Waals surface area contributed by atoms with Crippen molar-refractivity contribution in [1.82, 2.24) is 14.7 Å². The number of hydrogen-bond acceptors (Lipinski definition) is 2. The molecule has 0 aliphatic carbocycles. The van der Waals surface area contributed by atoms with Crippen LogP contribution in [0.25, 0.3) is 0 Å². The van der Waals surface area contributed by atoms with Gasteiger partial charge in [-0.05, 0) is 26.8 Å². The van der Waals surface area contributed by atoms with Gasteiger partial charge in [-0.1, -0.05) is 15.9 Å². The van der Waals surface area contributed by atoms with Crippen LogP contribution in [0.15, 0.2) is 6.07 Å². The van der Waals surface area contributed by atoms with E-state index in [1.165, 1.54) is 5.69 Å². The smallest absolute Gasteiger partial charge is 0.0597 e. The highest BCUT2D eigenvalue weighted by Crippen LogP contribution is 2.09. The Morgan fingerprint density at radius 1 is 1.53 bits per heavy atom. The molecule has 3 nitrogen and oxygen atoms in total. The molecule has 0 fully saturated rings. The maximum absolute atomic E-state index is 4.36. The molecule has 4 heteroatoms. The zero-order valence-electron chi connectivity index (χ0n) is 10.00. The van der Waals surface area contributed by atoms with Gasteiger partial charge in [0, 0.05) is 31.5 Å². The summed E-state index contributed by atoms with van der Waals surface area (Å²) in [5.74, 6) is 0. The normalized spacial score (nSPS) is 11.7. The fourth-order valence-corrected chi connectivity index (χ4v) is 2.10. The first-order chi connectivity index (χ1) is 7.04. The average Bonchev–Trinajstić information content (AvgIpc) is 2.44. The van der Waals surface area contributed by atoms with E-state index in [4.69, 9.17) is 0 Å². The van der Waals surface area contributed by atoms with Crippen molar-refractivity contribution in [2.45, 2.75) is 33.4 Å². The van der Waals surface area contributed by atoms with E-state index >= 15 is 0 Å². The molecule has 0 atom stereocenters.